The van der Waals surface area contributed by atoms with E-state index in [4.69, 9.17) is 4.74 Å². The van der Waals surface area contributed by atoms with Crippen LogP contribution in [-0.4, -0.2) is 17.9 Å². The maximum Gasteiger partial charge on any atom is 0.213 e. The third-order valence-electron chi connectivity index (χ3n) is 3.55. The molecule has 0 saturated heterocycles. The molecular weight excluding hydrogens is 269 g/mol. The Morgan fingerprint density at radius 3 is 2.90 bits per heavy atom. The van der Waals surface area contributed by atoms with Crippen molar-refractivity contribution in [2.24, 2.45) is 0 Å². The maximum absolute atomic E-state index is 13.3. The van der Waals surface area contributed by atoms with Gasteiger partial charge in [-0.1, -0.05) is 12.1 Å². The average molecular weight is 283 g/mol. The summed E-state index contributed by atoms with van der Waals surface area (Å²) in [4.78, 5) is 16.7. The Morgan fingerprint density at radius 2 is 2.10 bits per heavy atom. The first kappa shape index (κ1) is 13.5. The number of nitrogens with zero attached hydrogens (tertiary/aromatic N) is 1. The largest absolute Gasteiger partial charge is 0.481 e. The Bertz CT molecular complexity index is 737. The lowest BCUT2D eigenvalue weighted by atomic mass is 9.86. The van der Waals surface area contributed by atoms with Gasteiger partial charge in [0.15, 0.2) is 5.78 Å². The molecule has 3 rings (SSSR count). The second kappa shape index (κ2) is 5.48. The van der Waals surface area contributed by atoms with Gasteiger partial charge in [0.1, 0.15) is 5.82 Å². The molecule has 1 aromatic carbocycles. The number of methoxy groups -OCH3 is 1. The minimum Gasteiger partial charge on any atom is -0.481 e. The van der Waals surface area contributed by atoms with Crippen molar-refractivity contribution in [3.05, 3.63) is 64.6 Å². The summed E-state index contributed by atoms with van der Waals surface area (Å²) in [5.74, 6) is -0.0118. The van der Waals surface area contributed by atoms with Crippen molar-refractivity contribution in [2.75, 3.05) is 7.11 Å². The Hall–Kier alpha value is -2.49. The summed E-state index contributed by atoms with van der Waals surface area (Å²) in [6.07, 6.45) is 3.12. The van der Waals surface area contributed by atoms with Gasteiger partial charge in [0, 0.05) is 17.2 Å². The van der Waals surface area contributed by atoms with E-state index in [9.17, 15) is 9.18 Å². The number of hydrogen-bond acceptors (Lipinski definition) is 3. The Balaban J connectivity index is 1.97. The molecule has 0 aliphatic heterocycles. The standard InChI is InChI=1S/C17H14FNO2/c1-21-16-4-2-3-14(19-16)9-12-6-5-11-7-8-13(18)10-15(11)17(12)20/h2-4,7-10H,5-6H2,1H3/b12-9+. The summed E-state index contributed by atoms with van der Waals surface area (Å²) < 4.78 is 18.4. The average Bonchev–Trinajstić information content (AvgIpc) is 2.51. The van der Waals surface area contributed by atoms with E-state index in [-0.39, 0.29) is 11.6 Å². The minimum atomic E-state index is -0.386. The lowest BCUT2D eigenvalue weighted by Crippen LogP contribution is -2.14. The van der Waals surface area contributed by atoms with E-state index in [0.29, 0.717) is 29.1 Å². The van der Waals surface area contributed by atoms with Crippen molar-refractivity contribution in [3.8, 4) is 5.88 Å². The van der Waals surface area contributed by atoms with Crippen LogP contribution in [0.4, 0.5) is 4.39 Å². The first-order chi connectivity index (χ1) is 10.2. The van der Waals surface area contributed by atoms with Gasteiger partial charge in [-0.25, -0.2) is 9.37 Å². The molecule has 1 aliphatic rings. The van der Waals surface area contributed by atoms with Crippen LogP contribution in [0, 0.1) is 5.82 Å². The minimum absolute atomic E-state index is 0.125. The quantitative estimate of drug-likeness (QED) is 0.792. The summed E-state index contributed by atoms with van der Waals surface area (Å²) in [7, 11) is 1.55. The van der Waals surface area contributed by atoms with Crippen LogP contribution in [0.1, 0.15) is 28.0 Å². The highest BCUT2D eigenvalue weighted by Crippen LogP contribution is 2.27. The fraction of sp³-hybridized carbons (Fsp3) is 0.176. The number of halogens is 1. The van der Waals surface area contributed by atoms with Gasteiger partial charge in [-0.15, -0.1) is 0 Å². The number of carbonyl (C=O) groups is 1. The number of benzene rings is 1. The summed E-state index contributed by atoms with van der Waals surface area (Å²) in [5, 5.41) is 0. The smallest absolute Gasteiger partial charge is 0.213 e. The van der Waals surface area contributed by atoms with Crippen LogP contribution in [-0.2, 0) is 6.42 Å². The third kappa shape index (κ3) is 2.70. The van der Waals surface area contributed by atoms with Crippen molar-refractivity contribution in [1.82, 2.24) is 4.98 Å². The molecule has 0 unspecified atom stereocenters. The van der Waals surface area contributed by atoms with E-state index < -0.39 is 0 Å². The fourth-order valence-electron chi connectivity index (χ4n) is 2.47. The number of allylic oxidation sites excluding steroid dienone is 1. The molecule has 0 saturated carbocycles. The molecule has 1 aromatic heterocycles. The summed E-state index contributed by atoms with van der Waals surface area (Å²) >= 11 is 0. The van der Waals surface area contributed by atoms with Gasteiger partial charge >= 0.3 is 0 Å². The lowest BCUT2D eigenvalue weighted by Gasteiger charge is -2.17. The molecule has 0 radical (unpaired) electrons. The van der Waals surface area contributed by atoms with Gasteiger partial charge in [0.05, 0.1) is 12.8 Å². The molecule has 4 heteroatoms. The van der Waals surface area contributed by atoms with Gasteiger partial charge in [0.2, 0.25) is 5.88 Å². The molecule has 0 fully saturated rings. The van der Waals surface area contributed by atoms with Crippen molar-refractivity contribution in [1.29, 1.82) is 0 Å². The molecule has 106 valence electrons. The highest BCUT2D eigenvalue weighted by atomic mass is 19.1. The second-order valence-corrected chi connectivity index (χ2v) is 4.90. The number of ketones is 1. The highest BCUT2D eigenvalue weighted by Gasteiger charge is 2.22. The van der Waals surface area contributed by atoms with Gasteiger partial charge < -0.3 is 4.74 Å². The fourth-order valence-corrected chi connectivity index (χ4v) is 2.47. The number of pyridine rings is 1. The van der Waals surface area contributed by atoms with Crippen LogP contribution >= 0.6 is 0 Å². The van der Waals surface area contributed by atoms with Crippen molar-refractivity contribution >= 4 is 11.9 Å². The topological polar surface area (TPSA) is 39.2 Å². The molecular formula is C17H14FNO2. The molecule has 21 heavy (non-hydrogen) atoms. The van der Waals surface area contributed by atoms with Crippen molar-refractivity contribution < 1.29 is 13.9 Å². The Kier molecular flexibility index (Phi) is 3.52. The van der Waals surface area contributed by atoms with Crippen LogP contribution in [0.5, 0.6) is 5.88 Å². The predicted octanol–water partition coefficient (Wildman–Crippen LogP) is 3.44. The Labute approximate surface area is 122 Å². The molecule has 1 aliphatic carbocycles. The molecule has 1 heterocycles. The van der Waals surface area contributed by atoms with Crippen molar-refractivity contribution in [3.63, 3.8) is 0 Å². The maximum atomic E-state index is 13.3. The zero-order valence-electron chi connectivity index (χ0n) is 11.6. The van der Waals surface area contributed by atoms with Gasteiger partial charge in [0.25, 0.3) is 0 Å². The zero-order chi connectivity index (χ0) is 14.8. The molecule has 0 amide bonds. The van der Waals surface area contributed by atoms with Gasteiger partial charge in [-0.05, 0) is 42.7 Å². The first-order valence-corrected chi connectivity index (χ1v) is 6.72. The van der Waals surface area contributed by atoms with E-state index in [1.54, 1.807) is 25.3 Å². The molecule has 0 atom stereocenters. The van der Waals surface area contributed by atoms with Crippen molar-refractivity contribution in [2.45, 2.75) is 12.8 Å². The molecule has 0 N–H and O–H groups in total. The lowest BCUT2D eigenvalue weighted by molar-refractivity contribution is 0.102. The van der Waals surface area contributed by atoms with Crippen LogP contribution < -0.4 is 4.74 Å². The van der Waals surface area contributed by atoms with E-state index in [2.05, 4.69) is 4.98 Å². The van der Waals surface area contributed by atoms with E-state index in [1.165, 1.54) is 12.1 Å². The summed E-state index contributed by atoms with van der Waals surface area (Å²) in [6, 6.07) is 9.76. The Morgan fingerprint density at radius 1 is 1.24 bits per heavy atom. The monoisotopic (exact) mass is 283 g/mol. The number of Topliss-reactive ketones (excluding diaryl/α,β-unsaturated/α-hetero) is 1. The van der Waals surface area contributed by atoms with E-state index in [0.717, 1.165) is 12.0 Å². The molecule has 0 spiro atoms. The van der Waals surface area contributed by atoms with Gasteiger partial charge in [-0.3, -0.25) is 4.79 Å². The first-order valence-electron chi connectivity index (χ1n) is 6.72. The molecule has 3 nitrogen and oxygen atoms in total. The van der Waals surface area contributed by atoms with E-state index in [1.807, 2.05) is 12.1 Å². The molecule has 2 aromatic rings. The second-order valence-electron chi connectivity index (χ2n) is 4.90. The number of aromatic nitrogens is 1. The van der Waals surface area contributed by atoms with Crippen LogP contribution in [0.3, 0.4) is 0 Å². The highest BCUT2D eigenvalue weighted by molar-refractivity contribution is 6.13. The van der Waals surface area contributed by atoms with Crippen LogP contribution in [0.15, 0.2) is 42.0 Å². The predicted molar refractivity (Wildman–Crippen MR) is 77.8 cm³/mol. The zero-order valence-corrected chi connectivity index (χ0v) is 11.6. The number of rotatable bonds is 2. The third-order valence-corrected chi connectivity index (χ3v) is 3.55. The van der Waals surface area contributed by atoms with E-state index >= 15 is 0 Å². The number of ether oxygens (including phenoxy) is 1. The van der Waals surface area contributed by atoms with Crippen LogP contribution in [0.2, 0.25) is 0 Å². The molecule has 0 bridgehead atoms. The summed E-state index contributed by atoms with van der Waals surface area (Å²) in [6.45, 7) is 0. The van der Waals surface area contributed by atoms with Gasteiger partial charge in [-0.2, -0.15) is 0 Å². The number of hydrogen-bond donors (Lipinski definition) is 0. The number of aryl methyl sites for hydroxylation is 1. The summed E-state index contributed by atoms with van der Waals surface area (Å²) in [5.41, 5.74) is 2.67. The van der Waals surface area contributed by atoms with Crippen LogP contribution in [0.25, 0.3) is 6.08 Å². The number of carbonyl (C=O) groups excluding carboxylic acids is 1. The normalized spacial score (nSPS) is 15.9. The number of fused-ring (bicyclic) bond motifs is 1. The SMILES string of the molecule is COc1cccc(/C=C2\CCc3ccc(F)cc3C2=O)n1.